The van der Waals surface area contributed by atoms with Crippen LogP contribution < -0.4 is 25.0 Å². The van der Waals surface area contributed by atoms with E-state index in [9.17, 15) is 14.7 Å². The number of carbonyl (C=O) groups excluding carboxylic acids is 2. The summed E-state index contributed by atoms with van der Waals surface area (Å²) in [7, 11) is 1.73. The smallest absolute Gasteiger partial charge is 0.414 e. The van der Waals surface area contributed by atoms with E-state index in [4.69, 9.17) is 9.47 Å². The molecule has 13 nitrogen and oxygen atoms in total. The molecule has 3 heterocycles. The van der Waals surface area contributed by atoms with Gasteiger partial charge >= 0.3 is 12.1 Å². The average molecular weight is 487 g/mol. The van der Waals surface area contributed by atoms with Crippen molar-refractivity contribution in [1.82, 2.24) is 30.2 Å². The van der Waals surface area contributed by atoms with Crippen molar-refractivity contribution < 1.29 is 24.2 Å². The number of carbonyl (C=O) groups is 2. The highest BCUT2D eigenvalue weighted by molar-refractivity contribution is 5.88. The molecule has 3 amide bonds. The number of likely N-dealkylation sites (N-methyl/N-ethyl adjacent to an activating group) is 1. The molecule has 0 aromatic carbocycles. The van der Waals surface area contributed by atoms with E-state index in [1.165, 1.54) is 24.7 Å². The fourth-order valence-electron chi connectivity index (χ4n) is 3.96. The summed E-state index contributed by atoms with van der Waals surface area (Å²) in [5.74, 6) is 1.29. The number of hydrogen-bond acceptors (Lipinski definition) is 10. The molecular formula is C22H30N8O5. The van der Waals surface area contributed by atoms with Gasteiger partial charge in [0.2, 0.25) is 17.7 Å². The highest BCUT2D eigenvalue weighted by Gasteiger charge is 2.30. The van der Waals surface area contributed by atoms with Gasteiger partial charge in [0.25, 0.3) is 0 Å². The normalized spacial score (nSPS) is 21.5. The molecule has 35 heavy (non-hydrogen) atoms. The molecule has 1 atom stereocenters. The van der Waals surface area contributed by atoms with E-state index < -0.39 is 6.09 Å². The van der Waals surface area contributed by atoms with Crippen molar-refractivity contribution in [3.8, 4) is 11.8 Å². The quantitative estimate of drug-likeness (QED) is 0.523. The van der Waals surface area contributed by atoms with Crippen LogP contribution in [0.3, 0.4) is 0 Å². The molecule has 1 saturated carbocycles. The molecular weight excluding hydrogens is 456 g/mol. The molecule has 2 fully saturated rings. The molecule has 4 rings (SSSR count). The fraction of sp³-hybridized carbons (Fsp3) is 0.545. The fourth-order valence-corrected chi connectivity index (χ4v) is 3.96. The number of aliphatic hydroxyl groups is 1. The van der Waals surface area contributed by atoms with Crippen molar-refractivity contribution in [2.75, 3.05) is 37.0 Å². The van der Waals surface area contributed by atoms with Crippen molar-refractivity contribution in [1.29, 1.82) is 0 Å². The van der Waals surface area contributed by atoms with Gasteiger partial charge in [0.15, 0.2) is 5.82 Å². The standard InChI is InChI=1S/C22H30N8O5/c1-3-34-19-12-24-17(11-25-19)27-21(32)29(2)15-5-4-8-30(13-15)20-23-7-6-18(28-20)35-22(33)26-14-9-16(31)10-14/h6-7,11-12,14-16,31H,3-5,8-10,13H2,1-2H3,(H,26,33)(H,24,27,32)/t14?,15-,16?/m1/s1. The predicted molar refractivity (Wildman–Crippen MR) is 125 cm³/mol. The highest BCUT2D eigenvalue weighted by Crippen LogP contribution is 2.22. The lowest BCUT2D eigenvalue weighted by atomic mass is 9.90. The van der Waals surface area contributed by atoms with Crippen LogP contribution in [-0.4, -0.2) is 87.0 Å². The van der Waals surface area contributed by atoms with E-state index >= 15 is 0 Å². The SMILES string of the molecule is CCOc1cnc(NC(=O)N(C)[C@@H]2CCCN(c3nccc(OC(=O)NC4CC(O)C4)n3)C2)cn1. The maximum atomic E-state index is 12.8. The second-order valence-electron chi connectivity index (χ2n) is 8.51. The molecule has 0 spiro atoms. The zero-order chi connectivity index (χ0) is 24.8. The van der Waals surface area contributed by atoms with Gasteiger partial charge in [0.05, 0.1) is 31.1 Å². The molecule has 3 N–H and O–H groups in total. The zero-order valence-electron chi connectivity index (χ0n) is 19.8. The Labute approximate surface area is 202 Å². The Morgan fingerprint density at radius 3 is 2.77 bits per heavy atom. The second kappa shape index (κ2) is 11.1. The van der Waals surface area contributed by atoms with Gasteiger partial charge in [-0.1, -0.05) is 0 Å². The van der Waals surface area contributed by atoms with E-state index in [1.807, 2.05) is 11.8 Å². The van der Waals surface area contributed by atoms with Crippen LogP contribution in [0.4, 0.5) is 21.4 Å². The lowest BCUT2D eigenvalue weighted by Crippen LogP contribution is -2.50. The van der Waals surface area contributed by atoms with Crippen LogP contribution in [-0.2, 0) is 0 Å². The van der Waals surface area contributed by atoms with Crippen LogP contribution in [0.1, 0.15) is 32.6 Å². The molecule has 1 aliphatic carbocycles. The third-order valence-electron chi connectivity index (χ3n) is 5.95. The van der Waals surface area contributed by atoms with Crippen LogP contribution >= 0.6 is 0 Å². The highest BCUT2D eigenvalue weighted by atomic mass is 16.6. The molecule has 1 aliphatic heterocycles. The van der Waals surface area contributed by atoms with Crippen LogP contribution in [0, 0.1) is 0 Å². The number of urea groups is 1. The van der Waals surface area contributed by atoms with Crippen LogP contribution in [0.25, 0.3) is 0 Å². The molecule has 188 valence electrons. The number of anilines is 2. The number of aliphatic hydroxyl groups excluding tert-OH is 1. The number of amides is 3. The minimum Gasteiger partial charge on any atom is -0.477 e. The van der Waals surface area contributed by atoms with Crippen molar-refractivity contribution >= 4 is 23.9 Å². The van der Waals surface area contributed by atoms with Crippen molar-refractivity contribution in [3.05, 3.63) is 24.7 Å². The second-order valence-corrected chi connectivity index (χ2v) is 8.51. The summed E-state index contributed by atoms with van der Waals surface area (Å²) >= 11 is 0. The Morgan fingerprint density at radius 1 is 1.23 bits per heavy atom. The van der Waals surface area contributed by atoms with Gasteiger partial charge in [0.1, 0.15) is 0 Å². The number of ether oxygens (including phenoxy) is 2. The summed E-state index contributed by atoms with van der Waals surface area (Å²) in [6.07, 6.45) is 6.16. The van der Waals surface area contributed by atoms with Crippen molar-refractivity contribution in [3.63, 3.8) is 0 Å². The first kappa shape index (κ1) is 24.4. The largest absolute Gasteiger partial charge is 0.477 e. The maximum Gasteiger partial charge on any atom is 0.414 e. The van der Waals surface area contributed by atoms with E-state index in [0.29, 0.717) is 50.2 Å². The summed E-state index contributed by atoms with van der Waals surface area (Å²) in [5, 5.41) is 14.8. The molecule has 2 aromatic heterocycles. The summed E-state index contributed by atoms with van der Waals surface area (Å²) in [5.41, 5.74) is 0. The number of piperidine rings is 1. The predicted octanol–water partition coefficient (Wildman–Crippen LogP) is 1.41. The first-order chi connectivity index (χ1) is 16.9. The number of nitrogens with zero attached hydrogens (tertiary/aromatic N) is 6. The number of rotatable bonds is 7. The Morgan fingerprint density at radius 2 is 2.06 bits per heavy atom. The summed E-state index contributed by atoms with van der Waals surface area (Å²) in [4.78, 5) is 45.4. The molecule has 0 bridgehead atoms. The van der Waals surface area contributed by atoms with Gasteiger partial charge < -0.3 is 29.7 Å². The van der Waals surface area contributed by atoms with Crippen LogP contribution in [0.15, 0.2) is 24.7 Å². The monoisotopic (exact) mass is 486 g/mol. The third kappa shape index (κ3) is 6.44. The average Bonchev–Trinajstić information content (AvgIpc) is 2.84. The zero-order valence-corrected chi connectivity index (χ0v) is 19.8. The molecule has 0 unspecified atom stereocenters. The molecule has 2 aliphatic rings. The lowest BCUT2D eigenvalue weighted by Gasteiger charge is -2.37. The Balaban J connectivity index is 1.32. The Hall–Kier alpha value is -3.74. The Kier molecular flexibility index (Phi) is 7.75. The van der Waals surface area contributed by atoms with Gasteiger partial charge in [-0.15, -0.1) is 0 Å². The molecule has 1 saturated heterocycles. The van der Waals surface area contributed by atoms with Crippen molar-refractivity contribution in [2.24, 2.45) is 0 Å². The van der Waals surface area contributed by atoms with E-state index in [2.05, 4.69) is 30.6 Å². The minimum absolute atomic E-state index is 0.0825. The lowest BCUT2D eigenvalue weighted by molar-refractivity contribution is 0.0630. The van der Waals surface area contributed by atoms with Crippen molar-refractivity contribution in [2.45, 2.75) is 50.8 Å². The first-order valence-electron chi connectivity index (χ1n) is 11.6. The molecule has 2 aromatic rings. The van der Waals surface area contributed by atoms with Gasteiger partial charge in [-0.2, -0.15) is 4.98 Å². The molecule has 0 radical (unpaired) electrons. The Bertz CT molecular complexity index is 1020. The van der Waals surface area contributed by atoms with Gasteiger partial charge in [-0.25, -0.2) is 24.5 Å². The number of nitrogens with one attached hydrogen (secondary N) is 2. The third-order valence-corrected chi connectivity index (χ3v) is 5.95. The van der Waals surface area contributed by atoms with E-state index in [1.54, 1.807) is 11.9 Å². The van der Waals surface area contributed by atoms with E-state index in [0.717, 1.165) is 12.8 Å². The summed E-state index contributed by atoms with van der Waals surface area (Å²) in [6.45, 7) is 3.58. The minimum atomic E-state index is -0.614. The van der Waals surface area contributed by atoms with Gasteiger partial charge in [-0.05, 0) is 32.6 Å². The topological polar surface area (TPSA) is 155 Å². The number of aromatic nitrogens is 4. The van der Waals surface area contributed by atoms with Gasteiger partial charge in [-0.3, -0.25) is 5.32 Å². The summed E-state index contributed by atoms with van der Waals surface area (Å²) < 4.78 is 10.6. The van der Waals surface area contributed by atoms with Gasteiger partial charge in [0, 0.05) is 38.4 Å². The summed E-state index contributed by atoms with van der Waals surface area (Å²) in [6, 6.07) is 1.04. The van der Waals surface area contributed by atoms with Crippen LogP contribution in [0.5, 0.6) is 11.8 Å². The first-order valence-corrected chi connectivity index (χ1v) is 11.6. The van der Waals surface area contributed by atoms with E-state index in [-0.39, 0.29) is 30.1 Å². The maximum absolute atomic E-state index is 12.8. The van der Waals surface area contributed by atoms with Crippen LogP contribution in [0.2, 0.25) is 0 Å². The number of hydrogen-bond donors (Lipinski definition) is 3. The molecule has 13 heteroatoms.